The number of nitrogens with two attached hydrogens (primary N) is 2. The van der Waals surface area contributed by atoms with Gasteiger partial charge in [0.05, 0.1) is 0 Å². The zero-order valence-corrected chi connectivity index (χ0v) is 4.56. The molecule has 0 aromatic heterocycles. The first-order valence-corrected chi connectivity index (χ1v) is 2.03. The van der Waals surface area contributed by atoms with Crippen molar-refractivity contribution in [3.05, 3.63) is 0 Å². The van der Waals surface area contributed by atoms with E-state index in [4.69, 9.17) is 11.5 Å². The third-order valence-corrected chi connectivity index (χ3v) is 0.635. The second-order valence-electron chi connectivity index (χ2n) is 2.09. The smallest absolute Gasteiger partial charge is 0.220 e. The quantitative estimate of drug-likeness (QED) is 0.332. The molecule has 0 spiro atoms. The minimum absolute atomic E-state index is 0.479. The topological polar surface area (TPSA) is 69.1 Å². The molecule has 0 rings (SSSR count). The van der Waals surface area contributed by atoms with E-state index in [1.54, 1.807) is 15.7 Å². The van der Waals surface area contributed by atoms with Crippen LogP contribution in [-0.2, 0) is 4.79 Å². The molecule has 0 atom stereocenters. The van der Waals surface area contributed by atoms with Crippen molar-refractivity contribution < 1.29 is 4.79 Å². The first-order valence-electron chi connectivity index (χ1n) is 2.03. The highest BCUT2D eigenvalue weighted by Crippen LogP contribution is 1.78. The Hall–Kier alpha value is -0.440. The lowest BCUT2D eigenvalue weighted by Gasteiger charge is -2.10. The van der Waals surface area contributed by atoms with Crippen LogP contribution >= 0.6 is 0 Å². The van der Waals surface area contributed by atoms with E-state index in [1.165, 1.54) is 0 Å². The Morgan fingerprint density at radius 2 is 1.71 bits per heavy atom. The van der Waals surface area contributed by atoms with Crippen molar-refractivity contribution in [1.29, 1.82) is 0 Å². The monoisotopic (exact) mass is 98.1 g/mol. The summed E-state index contributed by atoms with van der Waals surface area (Å²) in [7, 11) is 3.13. The Kier molecular flexibility index (Phi) is 1.48. The summed E-state index contributed by atoms with van der Waals surface area (Å²) < 4.78 is 0. The van der Waals surface area contributed by atoms with Crippen LogP contribution in [0, 0.1) is 0 Å². The third-order valence-electron chi connectivity index (χ3n) is 0.635. The van der Waals surface area contributed by atoms with Crippen molar-refractivity contribution >= 4 is 21.6 Å². The van der Waals surface area contributed by atoms with Gasteiger partial charge in [0.25, 0.3) is 0 Å². The van der Waals surface area contributed by atoms with Gasteiger partial charge in [0.1, 0.15) is 15.7 Å². The van der Waals surface area contributed by atoms with Crippen LogP contribution in [-0.4, -0.2) is 26.9 Å². The van der Waals surface area contributed by atoms with E-state index in [0.717, 1.165) is 0 Å². The molecule has 0 aliphatic carbocycles. The van der Waals surface area contributed by atoms with Gasteiger partial charge in [0.2, 0.25) is 5.91 Å². The number of rotatable bonds is 1. The van der Waals surface area contributed by atoms with Gasteiger partial charge in [-0.05, 0) is 0 Å². The van der Waals surface area contributed by atoms with Crippen LogP contribution < -0.4 is 11.5 Å². The molecule has 0 radical (unpaired) electrons. The van der Waals surface area contributed by atoms with Crippen LogP contribution in [0.2, 0.25) is 0 Å². The molecule has 1 amide bonds. The second kappa shape index (κ2) is 1.58. The van der Waals surface area contributed by atoms with Gasteiger partial charge in [0, 0.05) is 5.34 Å². The maximum atomic E-state index is 10.1. The fourth-order valence-corrected chi connectivity index (χ4v) is 0. The van der Waals surface area contributed by atoms with Gasteiger partial charge in [0.15, 0.2) is 0 Å². The summed E-state index contributed by atoms with van der Waals surface area (Å²) in [6.45, 7) is 0. The van der Waals surface area contributed by atoms with E-state index >= 15 is 0 Å². The van der Waals surface area contributed by atoms with Crippen LogP contribution in [0.5, 0.6) is 0 Å². The molecule has 38 valence electrons. The molecule has 0 unspecified atom stereocenters. The first-order chi connectivity index (χ1) is 2.94. The number of hydrogen-bond acceptors (Lipinski definition) is 2. The summed E-state index contributed by atoms with van der Waals surface area (Å²) in [4.78, 5) is 10.1. The average Bonchev–Trinajstić information content (AvgIpc) is 1.31. The molecule has 0 aliphatic rings. The fourth-order valence-electron chi connectivity index (χ4n) is 0. The SMILES string of the molecule is BC(B)(N)C(N)=O. The van der Waals surface area contributed by atoms with Crippen molar-refractivity contribution in [2.45, 2.75) is 5.34 Å². The maximum absolute atomic E-state index is 10.1. The Morgan fingerprint density at radius 3 is 1.71 bits per heavy atom. The molecule has 0 aromatic rings. The summed E-state index contributed by atoms with van der Waals surface area (Å²) >= 11 is 0. The van der Waals surface area contributed by atoms with Crippen LogP contribution in [0.3, 0.4) is 0 Å². The summed E-state index contributed by atoms with van der Waals surface area (Å²) in [6, 6.07) is 0. The molecule has 0 fully saturated rings. The summed E-state index contributed by atoms with van der Waals surface area (Å²) in [5, 5.41) is -0.861. The van der Waals surface area contributed by atoms with Crippen molar-refractivity contribution in [1.82, 2.24) is 0 Å². The van der Waals surface area contributed by atoms with E-state index < -0.39 is 11.2 Å². The van der Waals surface area contributed by atoms with Gasteiger partial charge in [-0.25, -0.2) is 0 Å². The summed E-state index contributed by atoms with van der Waals surface area (Å²) in [6.07, 6.45) is 0. The lowest BCUT2D eigenvalue weighted by atomic mass is 9.62. The van der Waals surface area contributed by atoms with Gasteiger partial charge in [-0.1, -0.05) is 0 Å². The highest BCUT2D eigenvalue weighted by atomic mass is 16.1. The number of primary amides is 1. The minimum Gasteiger partial charge on any atom is -0.369 e. The molecular formula is C2H8B2N2O. The summed E-state index contributed by atoms with van der Waals surface area (Å²) in [5.74, 6) is -0.479. The lowest BCUT2D eigenvalue weighted by molar-refractivity contribution is -0.118. The maximum Gasteiger partial charge on any atom is 0.220 e. The zero-order chi connectivity index (χ0) is 6.08. The highest BCUT2D eigenvalue weighted by molar-refractivity contribution is 6.50. The zero-order valence-electron chi connectivity index (χ0n) is 4.56. The van der Waals surface area contributed by atoms with Crippen LogP contribution in [0.4, 0.5) is 0 Å². The standard InChI is InChI=1S/C2H8B2N2O/c3-2(4,6)1(5)7/h3-4,6H2,(H2,5,7). The summed E-state index contributed by atoms with van der Waals surface area (Å²) in [5.41, 5.74) is 10.0. The fraction of sp³-hybridized carbons (Fsp3) is 0.500. The van der Waals surface area contributed by atoms with Crippen LogP contribution in [0.15, 0.2) is 0 Å². The average molecular weight is 97.7 g/mol. The van der Waals surface area contributed by atoms with E-state index in [1.807, 2.05) is 0 Å². The van der Waals surface area contributed by atoms with Gasteiger partial charge in [-0.15, -0.1) is 0 Å². The number of carbonyl (C=O) groups excluding carboxylic acids is 1. The predicted octanol–water partition coefficient (Wildman–Crippen LogP) is -3.65. The molecule has 4 N–H and O–H groups in total. The highest BCUT2D eigenvalue weighted by Gasteiger charge is 2.16. The Labute approximate surface area is 44.2 Å². The molecule has 0 bridgehead atoms. The Balaban J connectivity index is 3.79. The second-order valence-corrected chi connectivity index (χ2v) is 2.09. The number of hydrogen-bond donors (Lipinski definition) is 2. The van der Waals surface area contributed by atoms with E-state index in [0.29, 0.717) is 0 Å². The molecule has 0 saturated heterocycles. The number of carbonyl (C=O) groups is 1. The Bertz CT molecular complexity index is 86.2. The third kappa shape index (κ3) is 2.28. The van der Waals surface area contributed by atoms with Crippen LogP contribution in [0.25, 0.3) is 0 Å². The van der Waals surface area contributed by atoms with E-state index in [2.05, 4.69) is 0 Å². The molecule has 7 heavy (non-hydrogen) atoms. The van der Waals surface area contributed by atoms with Crippen molar-refractivity contribution in [3.63, 3.8) is 0 Å². The van der Waals surface area contributed by atoms with Crippen molar-refractivity contribution in [2.24, 2.45) is 11.5 Å². The molecule has 0 aromatic carbocycles. The van der Waals surface area contributed by atoms with E-state index in [-0.39, 0.29) is 0 Å². The van der Waals surface area contributed by atoms with Gasteiger partial charge < -0.3 is 11.5 Å². The van der Waals surface area contributed by atoms with Gasteiger partial charge >= 0.3 is 0 Å². The molecule has 0 aliphatic heterocycles. The van der Waals surface area contributed by atoms with Gasteiger partial charge in [-0.2, -0.15) is 0 Å². The van der Waals surface area contributed by atoms with Crippen molar-refractivity contribution in [3.8, 4) is 0 Å². The van der Waals surface area contributed by atoms with E-state index in [9.17, 15) is 4.79 Å². The number of amides is 1. The molecular weight excluding hydrogens is 89.7 g/mol. The van der Waals surface area contributed by atoms with Gasteiger partial charge in [-0.3, -0.25) is 4.79 Å². The van der Waals surface area contributed by atoms with Crippen molar-refractivity contribution in [2.75, 3.05) is 0 Å². The largest absolute Gasteiger partial charge is 0.369 e. The minimum atomic E-state index is -0.861. The lowest BCUT2D eigenvalue weighted by Crippen LogP contribution is -2.53. The first kappa shape index (κ1) is 6.56. The molecule has 0 heterocycles. The Morgan fingerprint density at radius 1 is 1.57 bits per heavy atom. The predicted molar refractivity (Wildman–Crippen MR) is 33.2 cm³/mol. The normalized spacial score (nSPS) is 11.0. The molecule has 3 nitrogen and oxygen atoms in total. The molecule has 0 saturated carbocycles. The van der Waals surface area contributed by atoms with Crippen LogP contribution in [0.1, 0.15) is 0 Å². The molecule has 5 heteroatoms.